The van der Waals surface area contributed by atoms with Crippen molar-refractivity contribution in [2.24, 2.45) is 0 Å². The van der Waals surface area contributed by atoms with Gasteiger partial charge in [0.2, 0.25) is 0 Å². The van der Waals surface area contributed by atoms with Crippen molar-refractivity contribution >= 4 is 11.9 Å². The first-order valence-corrected chi connectivity index (χ1v) is 7.04. The Morgan fingerprint density at radius 3 is 2.90 bits per heavy atom. The molecule has 1 amide bonds. The van der Waals surface area contributed by atoms with E-state index in [0.717, 1.165) is 18.5 Å². The zero-order chi connectivity index (χ0) is 14.5. The highest BCUT2D eigenvalue weighted by Crippen LogP contribution is 2.20. The van der Waals surface area contributed by atoms with Crippen molar-refractivity contribution in [1.82, 2.24) is 9.88 Å². The van der Waals surface area contributed by atoms with E-state index < -0.39 is 6.04 Å². The maximum atomic E-state index is 12.5. The minimum atomic E-state index is -0.474. The maximum absolute atomic E-state index is 12.5. The summed E-state index contributed by atoms with van der Waals surface area (Å²) in [6.45, 7) is 4.53. The summed E-state index contributed by atoms with van der Waals surface area (Å²) < 4.78 is 5.07. The second-order valence-electron chi connectivity index (χ2n) is 4.93. The molecule has 0 bridgehead atoms. The van der Waals surface area contributed by atoms with Crippen molar-refractivity contribution in [1.29, 1.82) is 0 Å². The Hall–Kier alpha value is -1.91. The third-order valence-electron chi connectivity index (χ3n) is 3.43. The molecule has 1 saturated heterocycles. The molecule has 0 radical (unpaired) electrons. The first-order chi connectivity index (χ1) is 9.63. The molecule has 2 rings (SSSR count). The Bertz CT molecular complexity index is 502. The van der Waals surface area contributed by atoms with Crippen LogP contribution in [0.1, 0.15) is 42.4 Å². The van der Waals surface area contributed by atoms with E-state index in [4.69, 9.17) is 4.74 Å². The predicted molar refractivity (Wildman–Crippen MR) is 74.3 cm³/mol. The number of piperidine rings is 1. The smallest absolute Gasteiger partial charge is 0.328 e. The van der Waals surface area contributed by atoms with Gasteiger partial charge in [0.25, 0.3) is 5.91 Å². The minimum absolute atomic E-state index is 0.188. The van der Waals surface area contributed by atoms with E-state index in [-0.39, 0.29) is 11.9 Å². The molecule has 5 heteroatoms. The number of aromatic nitrogens is 1. The fourth-order valence-corrected chi connectivity index (χ4v) is 2.47. The Labute approximate surface area is 118 Å². The van der Waals surface area contributed by atoms with Crippen molar-refractivity contribution in [3.63, 3.8) is 0 Å². The van der Waals surface area contributed by atoms with Crippen LogP contribution in [0, 0.1) is 6.92 Å². The standard InChI is InChI=1S/C15H20N2O3/c1-3-20-15(19)13-9-4-5-10-17(13)14(18)12-8-6-7-11(2)16-12/h6-8,13H,3-5,9-10H2,1-2H3. The van der Waals surface area contributed by atoms with Gasteiger partial charge < -0.3 is 9.64 Å². The molecule has 1 aliphatic rings. The van der Waals surface area contributed by atoms with Crippen LogP contribution < -0.4 is 0 Å². The number of carbonyl (C=O) groups excluding carboxylic acids is 2. The van der Waals surface area contributed by atoms with Gasteiger partial charge in [-0.15, -0.1) is 0 Å². The Balaban J connectivity index is 2.19. The first kappa shape index (κ1) is 14.5. The molecule has 0 aromatic carbocycles. The molecule has 5 nitrogen and oxygen atoms in total. The molecule has 0 N–H and O–H groups in total. The van der Waals surface area contributed by atoms with E-state index in [1.807, 2.05) is 13.0 Å². The van der Waals surface area contributed by atoms with Gasteiger partial charge in [0.15, 0.2) is 0 Å². The average Bonchev–Trinajstić information content (AvgIpc) is 2.47. The number of hydrogen-bond donors (Lipinski definition) is 0. The van der Waals surface area contributed by atoms with Gasteiger partial charge in [-0.25, -0.2) is 9.78 Å². The topological polar surface area (TPSA) is 59.5 Å². The fraction of sp³-hybridized carbons (Fsp3) is 0.533. The number of pyridine rings is 1. The Kier molecular flexibility index (Phi) is 4.71. The lowest BCUT2D eigenvalue weighted by molar-refractivity contribution is -0.149. The maximum Gasteiger partial charge on any atom is 0.328 e. The molecule has 1 aromatic heterocycles. The van der Waals surface area contributed by atoms with E-state index in [9.17, 15) is 9.59 Å². The SMILES string of the molecule is CCOC(=O)C1CCCCN1C(=O)c1cccc(C)n1. The van der Waals surface area contributed by atoms with Crippen LogP contribution in [0.3, 0.4) is 0 Å². The molecule has 1 fully saturated rings. The molecule has 20 heavy (non-hydrogen) atoms. The minimum Gasteiger partial charge on any atom is -0.464 e. The van der Waals surface area contributed by atoms with Gasteiger partial charge in [-0.3, -0.25) is 4.79 Å². The zero-order valence-electron chi connectivity index (χ0n) is 12.0. The van der Waals surface area contributed by atoms with E-state index in [1.54, 1.807) is 24.0 Å². The summed E-state index contributed by atoms with van der Waals surface area (Å²) in [5.41, 5.74) is 1.18. The summed E-state index contributed by atoms with van der Waals surface area (Å²) in [5, 5.41) is 0. The quantitative estimate of drug-likeness (QED) is 0.792. The van der Waals surface area contributed by atoms with E-state index >= 15 is 0 Å². The highest BCUT2D eigenvalue weighted by Gasteiger charge is 2.34. The summed E-state index contributed by atoms with van der Waals surface area (Å²) in [4.78, 5) is 30.3. The number of esters is 1. The Morgan fingerprint density at radius 2 is 2.20 bits per heavy atom. The van der Waals surface area contributed by atoms with Crippen LogP contribution in [0.4, 0.5) is 0 Å². The van der Waals surface area contributed by atoms with E-state index in [0.29, 0.717) is 25.3 Å². The third kappa shape index (κ3) is 3.15. The summed E-state index contributed by atoms with van der Waals surface area (Å²) in [6, 6.07) is 4.86. The van der Waals surface area contributed by atoms with Crippen LogP contribution in [-0.2, 0) is 9.53 Å². The zero-order valence-corrected chi connectivity index (χ0v) is 12.0. The lowest BCUT2D eigenvalue weighted by Gasteiger charge is -2.33. The van der Waals surface area contributed by atoms with Crippen molar-refractivity contribution in [2.75, 3.05) is 13.2 Å². The molecule has 0 spiro atoms. The highest BCUT2D eigenvalue weighted by atomic mass is 16.5. The van der Waals surface area contributed by atoms with Crippen LogP contribution in [0.15, 0.2) is 18.2 Å². The number of amides is 1. The van der Waals surface area contributed by atoms with Gasteiger partial charge in [-0.1, -0.05) is 6.07 Å². The lowest BCUT2D eigenvalue weighted by Crippen LogP contribution is -2.48. The molecule has 108 valence electrons. The van der Waals surface area contributed by atoms with Crippen molar-refractivity contribution in [3.05, 3.63) is 29.6 Å². The Morgan fingerprint density at radius 1 is 1.40 bits per heavy atom. The van der Waals surface area contributed by atoms with Crippen LogP contribution in [-0.4, -0.2) is 41.0 Å². The van der Waals surface area contributed by atoms with E-state index in [2.05, 4.69) is 4.98 Å². The monoisotopic (exact) mass is 276 g/mol. The lowest BCUT2D eigenvalue weighted by atomic mass is 10.0. The van der Waals surface area contributed by atoms with Crippen molar-refractivity contribution in [2.45, 2.75) is 39.2 Å². The van der Waals surface area contributed by atoms with Gasteiger partial charge in [-0.2, -0.15) is 0 Å². The second kappa shape index (κ2) is 6.50. The van der Waals surface area contributed by atoms with Crippen LogP contribution in [0.5, 0.6) is 0 Å². The van der Waals surface area contributed by atoms with Crippen molar-refractivity contribution < 1.29 is 14.3 Å². The molecule has 1 aromatic rings. The number of aryl methyl sites for hydroxylation is 1. The number of likely N-dealkylation sites (tertiary alicyclic amines) is 1. The van der Waals surface area contributed by atoms with Crippen LogP contribution in [0.2, 0.25) is 0 Å². The normalized spacial score (nSPS) is 18.7. The van der Waals surface area contributed by atoms with Gasteiger partial charge in [0.1, 0.15) is 11.7 Å². The third-order valence-corrected chi connectivity index (χ3v) is 3.43. The summed E-state index contributed by atoms with van der Waals surface area (Å²) in [6.07, 6.45) is 2.51. The van der Waals surface area contributed by atoms with Crippen LogP contribution in [0.25, 0.3) is 0 Å². The highest BCUT2D eigenvalue weighted by molar-refractivity contribution is 5.95. The van der Waals surface area contributed by atoms with Gasteiger partial charge >= 0.3 is 5.97 Å². The van der Waals surface area contributed by atoms with Gasteiger partial charge in [-0.05, 0) is 45.2 Å². The molecular formula is C15H20N2O3. The van der Waals surface area contributed by atoms with Gasteiger partial charge in [0, 0.05) is 12.2 Å². The van der Waals surface area contributed by atoms with E-state index in [1.165, 1.54) is 0 Å². The molecule has 0 saturated carbocycles. The number of ether oxygens (including phenoxy) is 1. The van der Waals surface area contributed by atoms with Crippen molar-refractivity contribution in [3.8, 4) is 0 Å². The summed E-state index contributed by atoms with van der Waals surface area (Å²) in [5.74, 6) is -0.500. The second-order valence-corrected chi connectivity index (χ2v) is 4.93. The first-order valence-electron chi connectivity index (χ1n) is 7.04. The molecule has 2 heterocycles. The molecule has 1 unspecified atom stereocenters. The summed E-state index contributed by atoms with van der Waals surface area (Å²) in [7, 11) is 0. The number of nitrogens with zero attached hydrogens (tertiary/aromatic N) is 2. The number of rotatable bonds is 3. The molecule has 1 atom stereocenters. The van der Waals surface area contributed by atoms with Crippen LogP contribution >= 0.6 is 0 Å². The molecular weight excluding hydrogens is 256 g/mol. The average molecular weight is 276 g/mol. The number of carbonyl (C=O) groups is 2. The number of hydrogen-bond acceptors (Lipinski definition) is 4. The predicted octanol–water partition coefficient (Wildman–Crippen LogP) is 1.95. The molecule has 1 aliphatic heterocycles. The van der Waals surface area contributed by atoms with Gasteiger partial charge in [0.05, 0.1) is 6.61 Å². The largest absolute Gasteiger partial charge is 0.464 e. The fourth-order valence-electron chi connectivity index (χ4n) is 2.47. The molecule has 0 aliphatic carbocycles. The summed E-state index contributed by atoms with van der Waals surface area (Å²) >= 11 is 0.